The summed E-state index contributed by atoms with van der Waals surface area (Å²) in [6, 6.07) is 0. The molecule has 1 rings (SSSR count). The van der Waals surface area contributed by atoms with Crippen LogP contribution in [0, 0.1) is 5.92 Å². The Morgan fingerprint density at radius 3 is 2.70 bits per heavy atom. The van der Waals surface area contributed by atoms with Crippen molar-refractivity contribution in [1.82, 2.24) is 10.2 Å². The van der Waals surface area contributed by atoms with Crippen molar-refractivity contribution in [2.45, 2.75) is 6.92 Å². The minimum absolute atomic E-state index is 0.223. The Morgan fingerprint density at radius 2 is 2.30 bits per heavy atom. The van der Waals surface area contributed by atoms with Gasteiger partial charge >= 0.3 is 0 Å². The average molecular weight is 142 g/mol. The van der Waals surface area contributed by atoms with Gasteiger partial charge in [-0.1, -0.05) is 6.92 Å². The lowest BCUT2D eigenvalue weighted by atomic mass is 10.0. The van der Waals surface area contributed by atoms with Gasteiger partial charge in [0.2, 0.25) is 5.91 Å². The molecule has 0 aliphatic carbocycles. The highest BCUT2D eigenvalue weighted by Crippen LogP contribution is 2.13. The first-order valence-electron chi connectivity index (χ1n) is 3.66. The summed E-state index contributed by atoms with van der Waals surface area (Å²) in [7, 11) is 1.79. The van der Waals surface area contributed by atoms with E-state index in [2.05, 4.69) is 12.2 Å². The van der Waals surface area contributed by atoms with E-state index in [1.165, 1.54) is 0 Å². The Kier molecular flexibility index (Phi) is 2.27. The SMILES string of the molecule is CNCC(=O)N1CC(C)C1. The average Bonchev–Trinajstić information content (AvgIpc) is 1.82. The Labute approximate surface area is 61.4 Å². The monoisotopic (exact) mass is 142 g/mol. The van der Waals surface area contributed by atoms with Crippen LogP contribution in [0.15, 0.2) is 0 Å². The highest BCUT2D eigenvalue weighted by molar-refractivity contribution is 5.78. The molecule has 0 bridgehead atoms. The number of hydrogen-bond acceptors (Lipinski definition) is 2. The number of hydrogen-bond donors (Lipinski definition) is 1. The molecule has 0 unspecified atom stereocenters. The fraction of sp³-hybridized carbons (Fsp3) is 0.857. The molecule has 1 aliphatic heterocycles. The zero-order valence-corrected chi connectivity index (χ0v) is 6.55. The van der Waals surface area contributed by atoms with Crippen LogP contribution >= 0.6 is 0 Å². The number of amides is 1. The van der Waals surface area contributed by atoms with Crippen LogP contribution in [0.25, 0.3) is 0 Å². The zero-order chi connectivity index (χ0) is 7.56. The first-order chi connectivity index (χ1) is 4.74. The first kappa shape index (κ1) is 7.54. The highest BCUT2D eigenvalue weighted by Gasteiger charge is 2.25. The Balaban J connectivity index is 2.18. The van der Waals surface area contributed by atoms with Gasteiger partial charge in [-0.25, -0.2) is 0 Å². The predicted molar refractivity (Wildman–Crippen MR) is 39.7 cm³/mol. The second-order valence-electron chi connectivity index (χ2n) is 2.93. The van der Waals surface area contributed by atoms with Gasteiger partial charge in [-0.3, -0.25) is 4.79 Å². The fourth-order valence-electron chi connectivity index (χ4n) is 1.17. The van der Waals surface area contributed by atoms with Crippen molar-refractivity contribution in [3.8, 4) is 0 Å². The lowest BCUT2D eigenvalue weighted by Gasteiger charge is -2.37. The number of nitrogens with one attached hydrogen (secondary N) is 1. The molecule has 3 heteroatoms. The fourth-order valence-corrected chi connectivity index (χ4v) is 1.17. The van der Waals surface area contributed by atoms with Crippen molar-refractivity contribution < 1.29 is 4.79 Å². The zero-order valence-electron chi connectivity index (χ0n) is 6.55. The van der Waals surface area contributed by atoms with Gasteiger partial charge in [0, 0.05) is 13.1 Å². The van der Waals surface area contributed by atoms with Gasteiger partial charge in [-0.2, -0.15) is 0 Å². The number of nitrogens with zero attached hydrogens (tertiary/aromatic N) is 1. The molecule has 58 valence electrons. The summed E-state index contributed by atoms with van der Waals surface area (Å²) in [5, 5.41) is 2.84. The van der Waals surface area contributed by atoms with Crippen LogP contribution in [0.4, 0.5) is 0 Å². The molecule has 0 spiro atoms. The van der Waals surface area contributed by atoms with E-state index in [4.69, 9.17) is 0 Å². The van der Waals surface area contributed by atoms with E-state index >= 15 is 0 Å². The van der Waals surface area contributed by atoms with E-state index in [0.717, 1.165) is 13.1 Å². The molecular formula is C7H14N2O. The largest absolute Gasteiger partial charge is 0.341 e. The van der Waals surface area contributed by atoms with Crippen LogP contribution in [-0.2, 0) is 4.79 Å². The molecular weight excluding hydrogens is 128 g/mol. The highest BCUT2D eigenvalue weighted by atomic mass is 16.2. The molecule has 10 heavy (non-hydrogen) atoms. The lowest BCUT2D eigenvalue weighted by molar-refractivity contribution is -0.135. The van der Waals surface area contributed by atoms with Crippen molar-refractivity contribution in [3.05, 3.63) is 0 Å². The van der Waals surface area contributed by atoms with Gasteiger partial charge in [0.15, 0.2) is 0 Å². The van der Waals surface area contributed by atoms with E-state index in [1.54, 1.807) is 7.05 Å². The molecule has 3 nitrogen and oxygen atoms in total. The van der Waals surface area contributed by atoms with Crippen LogP contribution in [0.2, 0.25) is 0 Å². The summed E-state index contributed by atoms with van der Waals surface area (Å²) in [5.74, 6) is 0.932. The number of carbonyl (C=O) groups excluding carboxylic acids is 1. The summed E-state index contributed by atoms with van der Waals surface area (Å²) >= 11 is 0. The van der Waals surface area contributed by atoms with E-state index < -0.39 is 0 Å². The molecule has 1 amide bonds. The standard InChI is InChI=1S/C7H14N2O/c1-6-4-9(5-6)7(10)3-8-2/h6,8H,3-5H2,1-2H3. The van der Waals surface area contributed by atoms with Crippen molar-refractivity contribution in [3.63, 3.8) is 0 Å². The number of rotatable bonds is 2. The van der Waals surface area contributed by atoms with E-state index in [0.29, 0.717) is 12.5 Å². The molecule has 1 aliphatic rings. The maximum absolute atomic E-state index is 11.0. The number of likely N-dealkylation sites (N-methyl/N-ethyl adjacent to an activating group) is 1. The van der Waals surface area contributed by atoms with Gasteiger partial charge in [-0.15, -0.1) is 0 Å². The van der Waals surface area contributed by atoms with Gasteiger partial charge < -0.3 is 10.2 Å². The van der Waals surface area contributed by atoms with Gasteiger partial charge in [-0.05, 0) is 13.0 Å². The van der Waals surface area contributed by atoms with Crippen LogP contribution in [0.1, 0.15) is 6.92 Å². The van der Waals surface area contributed by atoms with Crippen LogP contribution in [-0.4, -0.2) is 37.5 Å². The molecule has 0 radical (unpaired) electrons. The Morgan fingerprint density at radius 1 is 1.70 bits per heavy atom. The molecule has 1 heterocycles. The minimum Gasteiger partial charge on any atom is -0.341 e. The molecule has 0 saturated carbocycles. The maximum Gasteiger partial charge on any atom is 0.236 e. The third-order valence-corrected chi connectivity index (χ3v) is 1.74. The molecule has 0 aromatic rings. The Hall–Kier alpha value is -0.570. The first-order valence-corrected chi connectivity index (χ1v) is 3.66. The van der Waals surface area contributed by atoms with Crippen LogP contribution in [0.5, 0.6) is 0 Å². The van der Waals surface area contributed by atoms with Crippen LogP contribution in [0.3, 0.4) is 0 Å². The topological polar surface area (TPSA) is 32.3 Å². The smallest absolute Gasteiger partial charge is 0.236 e. The van der Waals surface area contributed by atoms with Crippen molar-refractivity contribution in [1.29, 1.82) is 0 Å². The Bertz CT molecular complexity index is 130. The van der Waals surface area contributed by atoms with Gasteiger partial charge in [0.25, 0.3) is 0 Å². The molecule has 1 fully saturated rings. The molecule has 1 N–H and O–H groups in total. The molecule has 0 aromatic carbocycles. The van der Waals surface area contributed by atoms with Gasteiger partial charge in [0.1, 0.15) is 0 Å². The quantitative estimate of drug-likeness (QED) is 0.573. The third kappa shape index (κ3) is 1.48. The summed E-state index contributed by atoms with van der Waals surface area (Å²) in [6.45, 7) is 4.52. The summed E-state index contributed by atoms with van der Waals surface area (Å²) < 4.78 is 0. The van der Waals surface area contributed by atoms with Crippen molar-refractivity contribution in [2.24, 2.45) is 5.92 Å². The minimum atomic E-state index is 0.223. The molecule has 1 saturated heterocycles. The molecule has 0 aromatic heterocycles. The van der Waals surface area contributed by atoms with E-state index in [-0.39, 0.29) is 5.91 Å². The number of likely N-dealkylation sites (tertiary alicyclic amines) is 1. The predicted octanol–water partition coefficient (Wildman–Crippen LogP) is -0.316. The maximum atomic E-state index is 11.0. The van der Waals surface area contributed by atoms with Crippen molar-refractivity contribution in [2.75, 3.05) is 26.7 Å². The van der Waals surface area contributed by atoms with Gasteiger partial charge in [0.05, 0.1) is 6.54 Å². The van der Waals surface area contributed by atoms with E-state index in [9.17, 15) is 4.79 Å². The third-order valence-electron chi connectivity index (χ3n) is 1.74. The normalized spacial score (nSPS) is 18.8. The van der Waals surface area contributed by atoms with Crippen LogP contribution < -0.4 is 5.32 Å². The van der Waals surface area contributed by atoms with Crippen molar-refractivity contribution >= 4 is 5.91 Å². The summed E-state index contributed by atoms with van der Waals surface area (Å²) in [4.78, 5) is 12.9. The number of carbonyl (C=O) groups is 1. The lowest BCUT2D eigenvalue weighted by Crippen LogP contribution is -2.51. The summed E-state index contributed by atoms with van der Waals surface area (Å²) in [5.41, 5.74) is 0. The second kappa shape index (κ2) is 3.01. The second-order valence-corrected chi connectivity index (χ2v) is 2.93. The molecule has 0 atom stereocenters. The summed E-state index contributed by atoms with van der Waals surface area (Å²) in [6.07, 6.45) is 0. The van der Waals surface area contributed by atoms with E-state index in [1.807, 2.05) is 4.90 Å².